The van der Waals surface area contributed by atoms with E-state index in [9.17, 15) is 0 Å². The van der Waals surface area contributed by atoms with Gasteiger partial charge >= 0.3 is 0 Å². The maximum absolute atomic E-state index is 5.76. The Kier molecular flexibility index (Phi) is 4.33. The predicted molar refractivity (Wildman–Crippen MR) is 69.6 cm³/mol. The molecular formula is C12H20N4O2. The number of hydrogen-bond donors (Lipinski definition) is 2. The van der Waals surface area contributed by atoms with Crippen LogP contribution in [0.15, 0.2) is 6.07 Å². The first-order chi connectivity index (χ1) is 8.65. The van der Waals surface area contributed by atoms with Gasteiger partial charge in [0.2, 0.25) is 0 Å². The fraction of sp³-hybridized carbons (Fsp3) is 0.667. The third-order valence-electron chi connectivity index (χ3n) is 2.68. The van der Waals surface area contributed by atoms with Crippen LogP contribution in [-0.4, -0.2) is 42.4 Å². The Balaban J connectivity index is 1.95. The van der Waals surface area contributed by atoms with E-state index in [0.717, 1.165) is 11.6 Å². The molecule has 1 aromatic rings. The Morgan fingerprint density at radius 2 is 2.28 bits per heavy atom. The zero-order valence-corrected chi connectivity index (χ0v) is 10.8. The average Bonchev–Trinajstić information content (AvgIpc) is 2.37. The van der Waals surface area contributed by atoms with Crippen LogP contribution in [0, 0.1) is 0 Å². The summed E-state index contributed by atoms with van der Waals surface area (Å²) >= 11 is 0. The van der Waals surface area contributed by atoms with Crippen molar-refractivity contribution in [2.24, 2.45) is 0 Å². The molecule has 0 aromatic carbocycles. The summed E-state index contributed by atoms with van der Waals surface area (Å²) in [5.74, 6) is 2.22. The van der Waals surface area contributed by atoms with E-state index in [-0.39, 0.29) is 12.0 Å². The summed E-state index contributed by atoms with van der Waals surface area (Å²) in [6.45, 7) is 6.68. The minimum Gasteiger partial charge on any atom is -0.384 e. The first-order valence-electron chi connectivity index (χ1n) is 6.23. The van der Waals surface area contributed by atoms with Crippen molar-refractivity contribution in [2.45, 2.75) is 25.9 Å². The van der Waals surface area contributed by atoms with Crippen molar-refractivity contribution >= 4 is 11.6 Å². The van der Waals surface area contributed by atoms with Gasteiger partial charge in [-0.15, -0.1) is 0 Å². The summed E-state index contributed by atoms with van der Waals surface area (Å²) in [4.78, 5) is 8.62. The summed E-state index contributed by atoms with van der Waals surface area (Å²) in [6.07, 6.45) is 0.0671. The lowest BCUT2D eigenvalue weighted by Gasteiger charge is -2.23. The number of nitrogens with zero attached hydrogens (tertiary/aromatic N) is 2. The van der Waals surface area contributed by atoms with Crippen LogP contribution < -0.4 is 11.1 Å². The van der Waals surface area contributed by atoms with E-state index in [1.807, 2.05) is 13.8 Å². The Morgan fingerprint density at radius 1 is 1.44 bits per heavy atom. The van der Waals surface area contributed by atoms with Gasteiger partial charge in [0.15, 0.2) is 0 Å². The van der Waals surface area contributed by atoms with Crippen molar-refractivity contribution in [1.82, 2.24) is 9.97 Å². The Bertz CT molecular complexity index is 392. The van der Waals surface area contributed by atoms with Gasteiger partial charge < -0.3 is 20.5 Å². The molecule has 0 amide bonds. The van der Waals surface area contributed by atoms with Gasteiger partial charge in [0, 0.05) is 18.5 Å². The second kappa shape index (κ2) is 5.97. The van der Waals surface area contributed by atoms with E-state index in [2.05, 4.69) is 15.3 Å². The van der Waals surface area contributed by atoms with Crippen molar-refractivity contribution in [3.63, 3.8) is 0 Å². The highest BCUT2D eigenvalue weighted by Gasteiger charge is 2.14. The molecule has 1 aliphatic rings. The van der Waals surface area contributed by atoms with Gasteiger partial charge in [-0.3, -0.25) is 0 Å². The van der Waals surface area contributed by atoms with Gasteiger partial charge in [-0.2, -0.15) is 0 Å². The molecule has 1 fully saturated rings. The topological polar surface area (TPSA) is 82.3 Å². The molecule has 0 aliphatic carbocycles. The Labute approximate surface area is 107 Å². The number of nitrogens with one attached hydrogen (secondary N) is 1. The molecule has 100 valence electrons. The largest absolute Gasteiger partial charge is 0.384 e. The SMILES string of the molecule is CC(C)c1nc(N)cc(NCC2COCCO2)n1. The zero-order valence-electron chi connectivity index (χ0n) is 10.8. The van der Waals surface area contributed by atoms with Crippen molar-refractivity contribution in [1.29, 1.82) is 0 Å². The van der Waals surface area contributed by atoms with E-state index >= 15 is 0 Å². The van der Waals surface area contributed by atoms with Gasteiger partial charge in [0.25, 0.3) is 0 Å². The predicted octanol–water partition coefficient (Wildman–Crippen LogP) is 1.01. The van der Waals surface area contributed by atoms with E-state index in [0.29, 0.717) is 32.2 Å². The molecule has 18 heavy (non-hydrogen) atoms. The van der Waals surface area contributed by atoms with Crippen molar-refractivity contribution in [3.05, 3.63) is 11.9 Å². The van der Waals surface area contributed by atoms with Crippen LogP contribution in [0.4, 0.5) is 11.6 Å². The fourth-order valence-electron chi connectivity index (χ4n) is 1.71. The molecule has 1 atom stereocenters. The fourth-order valence-corrected chi connectivity index (χ4v) is 1.71. The van der Waals surface area contributed by atoms with Crippen molar-refractivity contribution in [3.8, 4) is 0 Å². The third kappa shape index (κ3) is 3.54. The van der Waals surface area contributed by atoms with E-state index in [1.54, 1.807) is 6.07 Å². The van der Waals surface area contributed by atoms with Crippen LogP contribution in [0.5, 0.6) is 0 Å². The number of rotatable bonds is 4. The molecule has 1 unspecified atom stereocenters. The molecule has 2 rings (SSSR count). The molecule has 1 aromatic heterocycles. The number of anilines is 2. The smallest absolute Gasteiger partial charge is 0.135 e. The van der Waals surface area contributed by atoms with Crippen LogP contribution >= 0.6 is 0 Å². The van der Waals surface area contributed by atoms with E-state index in [4.69, 9.17) is 15.2 Å². The van der Waals surface area contributed by atoms with Crippen LogP contribution in [0.2, 0.25) is 0 Å². The van der Waals surface area contributed by atoms with Crippen molar-refractivity contribution < 1.29 is 9.47 Å². The first kappa shape index (κ1) is 13.0. The monoisotopic (exact) mass is 252 g/mol. The minimum absolute atomic E-state index is 0.0671. The molecular weight excluding hydrogens is 232 g/mol. The number of nitrogens with two attached hydrogens (primary N) is 1. The lowest BCUT2D eigenvalue weighted by molar-refractivity contribution is -0.0819. The maximum atomic E-state index is 5.76. The van der Waals surface area contributed by atoms with E-state index < -0.39 is 0 Å². The molecule has 3 N–H and O–H groups in total. The van der Waals surface area contributed by atoms with Gasteiger partial charge in [0.05, 0.1) is 25.9 Å². The maximum Gasteiger partial charge on any atom is 0.135 e. The molecule has 0 bridgehead atoms. The van der Waals surface area contributed by atoms with Gasteiger partial charge in [-0.1, -0.05) is 13.8 Å². The van der Waals surface area contributed by atoms with Crippen LogP contribution in [0.1, 0.15) is 25.6 Å². The van der Waals surface area contributed by atoms with Crippen LogP contribution in [0.25, 0.3) is 0 Å². The molecule has 1 saturated heterocycles. The number of nitrogen functional groups attached to an aromatic ring is 1. The summed E-state index contributed by atoms with van der Waals surface area (Å²) in [6, 6.07) is 1.73. The molecule has 0 radical (unpaired) electrons. The Hall–Kier alpha value is -1.40. The molecule has 1 aliphatic heterocycles. The van der Waals surface area contributed by atoms with Gasteiger partial charge in [-0.05, 0) is 0 Å². The normalized spacial score (nSPS) is 20.1. The highest BCUT2D eigenvalue weighted by molar-refractivity contribution is 5.45. The zero-order chi connectivity index (χ0) is 13.0. The average molecular weight is 252 g/mol. The first-order valence-corrected chi connectivity index (χ1v) is 6.23. The minimum atomic E-state index is 0.0671. The van der Waals surface area contributed by atoms with Crippen LogP contribution in [-0.2, 0) is 9.47 Å². The standard InChI is InChI=1S/C12H20N4O2/c1-8(2)12-15-10(13)5-11(16-12)14-6-9-7-17-3-4-18-9/h5,8-9H,3-4,6-7H2,1-2H3,(H3,13,14,15,16). The van der Waals surface area contributed by atoms with Gasteiger partial charge in [0.1, 0.15) is 17.5 Å². The lowest BCUT2D eigenvalue weighted by Crippen LogP contribution is -2.34. The number of ether oxygens (including phenoxy) is 2. The summed E-state index contributed by atoms with van der Waals surface area (Å²) in [7, 11) is 0. The van der Waals surface area contributed by atoms with Gasteiger partial charge in [-0.25, -0.2) is 9.97 Å². The quantitative estimate of drug-likeness (QED) is 0.832. The molecule has 2 heterocycles. The number of aromatic nitrogens is 2. The molecule has 6 nitrogen and oxygen atoms in total. The van der Waals surface area contributed by atoms with Crippen LogP contribution in [0.3, 0.4) is 0 Å². The van der Waals surface area contributed by atoms with E-state index in [1.165, 1.54) is 0 Å². The summed E-state index contributed by atoms with van der Waals surface area (Å²) < 4.78 is 10.9. The summed E-state index contributed by atoms with van der Waals surface area (Å²) in [5.41, 5.74) is 5.76. The second-order valence-corrected chi connectivity index (χ2v) is 4.64. The molecule has 0 saturated carbocycles. The highest BCUT2D eigenvalue weighted by atomic mass is 16.6. The number of hydrogen-bond acceptors (Lipinski definition) is 6. The third-order valence-corrected chi connectivity index (χ3v) is 2.68. The van der Waals surface area contributed by atoms with Crippen molar-refractivity contribution in [2.75, 3.05) is 37.4 Å². The molecule has 0 spiro atoms. The summed E-state index contributed by atoms with van der Waals surface area (Å²) in [5, 5.41) is 3.21. The second-order valence-electron chi connectivity index (χ2n) is 4.64. The highest BCUT2D eigenvalue weighted by Crippen LogP contribution is 2.15. The Morgan fingerprint density at radius 3 is 2.94 bits per heavy atom. The molecule has 6 heteroatoms. The lowest BCUT2D eigenvalue weighted by atomic mass is 10.2.